The number of esters is 1. The predicted molar refractivity (Wildman–Crippen MR) is 66.7 cm³/mol. The molecule has 0 saturated heterocycles. The zero-order valence-corrected chi connectivity index (χ0v) is 11.0. The highest BCUT2D eigenvalue weighted by molar-refractivity contribution is 9.10. The molecule has 1 aromatic carbocycles. The summed E-state index contributed by atoms with van der Waals surface area (Å²) >= 11 is 3.02. The molecule has 0 fully saturated rings. The normalized spacial score (nSPS) is 11.2. The molecule has 1 rings (SSSR count). The van der Waals surface area contributed by atoms with Crippen molar-refractivity contribution in [2.45, 2.75) is 6.92 Å². The molecule has 0 saturated carbocycles. The molecule has 0 amide bonds. The first kappa shape index (κ1) is 14.3. The van der Waals surface area contributed by atoms with Crippen molar-refractivity contribution in [3.63, 3.8) is 0 Å². The van der Waals surface area contributed by atoms with Crippen LogP contribution in [0, 0.1) is 5.82 Å². The Hall–Kier alpha value is -1.76. The fraction of sp³-hybridized carbons (Fsp3) is 0.182. The van der Waals surface area contributed by atoms with E-state index in [-0.39, 0.29) is 16.6 Å². The summed E-state index contributed by atoms with van der Waals surface area (Å²) in [6.45, 7) is 1.62. The van der Waals surface area contributed by atoms with Crippen molar-refractivity contribution in [2.24, 2.45) is 10.9 Å². The summed E-state index contributed by atoms with van der Waals surface area (Å²) in [7, 11) is 0. The minimum Gasteiger partial charge on any atom is -0.461 e. The summed E-state index contributed by atoms with van der Waals surface area (Å²) in [6.07, 6.45) is 0. The Morgan fingerprint density at radius 1 is 1.50 bits per heavy atom. The maximum Gasteiger partial charge on any atom is 0.362 e. The largest absolute Gasteiger partial charge is 0.461 e. The van der Waals surface area contributed by atoms with E-state index in [0.717, 1.165) is 6.07 Å². The second-order valence-electron chi connectivity index (χ2n) is 3.12. The van der Waals surface area contributed by atoms with Gasteiger partial charge >= 0.3 is 5.97 Å². The number of halogens is 2. The fourth-order valence-corrected chi connectivity index (χ4v) is 1.76. The van der Waals surface area contributed by atoms with E-state index in [2.05, 4.69) is 25.8 Å². The summed E-state index contributed by atoms with van der Waals surface area (Å²) in [5.41, 5.74) is -0.961. The number of carbonyl (C=O) groups excluding carboxylic acids is 2. The number of nitrogens with zero attached hydrogens (tertiary/aromatic N) is 1. The molecule has 5 nitrogen and oxygen atoms in total. The van der Waals surface area contributed by atoms with Crippen molar-refractivity contribution >= 4 is 33.4 Å². The monoisotopic (exact) mass is 316 g/mol. The minimum atomic E-state index is -0.986. The van der Waals surface area contributed by atoms with Gasteiger partial charge in [-0.05, 0) is 35.0 Å². The molecular weight excluding hydrogens is 307 g/mol. The van der Waals surface area contributed by atoms with Crippen LogP contribution in [0.1, 0.15) is 17.3 Å². The van der Waals surface area contributed by atoms with Gasteiger partial charge in [-0.2, -0.15) is 5.10 Å². The predicted octanol–water partition coefficient (Wildman–Crippen LogP) is 1.65. The van der Waals surface area contributed by atoms with Gasteiger partial charge in [0, 0.05) is 4.47 Å². The number of ether oxygens (including phenoxy) is 1. The molecule has 0 atom stereocenters. The average Bonchev–Trinajstić information content (AvgIpc) is 2.30. The Kier molecular flexibility index (Phi) is 4.96. The lowest BCUT2D eigenvalue weighted by Gasteiger charge is -2.06. The Balaban J connectivity index is 3.17. The maximum absolute atomic E-state index is 13.5. The number of hydrazone groups is 1. The fourth-order valence-electron chi connectivity index (χ4n) is 1.24. The molecule has 0 heterocycles. The number of ketones is 1. The molecule has 0 aliphatic rings. The van der Waals surface area contributed by atoms with Crippen LogP contribution in [0.3, 0.4) is 0 Å². The van der Waals surface area contributed by atoms with E-state index in [9.17, 15) is 14.0 Å². The van der Waals surface area contributed by atoms with Gasteiger partial charge < -0.3 is 10.6 Å². The molecule has 2 N–H and O–H groups in total. The summed E-state index contributed by atoms with van der Waals surface area (Å²) in [4.78, 5) is 23.4. The first-order valence-electron chi connectivity index (χ1n) is 4.96. The Bertz CT molecular complexity index is 497. The van der Waals surface area contributed by atoms with Gasteiger partial charge in [-0.15, -0.1) is 0 Å². The molecule has 18 heavy (non-hydrogen) atoms. The van der Waals surface area contributed by atoms with E-state index < -0.39 is 23.3 Å². The van der Waals surface area contributed by atoms with Gasteiger partial charge in [0.2, 0.25) is 11.5 Å². The minimum absolute atomic E-state index is 0.0591. The molecule has 0 unspecified atom stereocenters. The number of carbonyl (C=O) groups is 2. The summed E-state index contributed by atoms with van der Waals surface area (Å²) in [5, 5.41) is 3.07. The van der Waals surface area contributed by atoms with Crippen LogP contribution in [0.5, 0.6) is 0 Å². The summed E-state index contributed by atoms with van der Waals surface area (Å²) < 4.78 is 18.4. The Labute approximate surface area is 111 Å². The Morgan fingerprint density at radius 2 is 2.17 bits per heavy atom. The third kappa shape index (κ3) is 2.92. The van der Waals surface area contributed by atoms with E-state index in [1.807, 2.05) is 0 Å². The molecular formula is C11H10BrFN2O3. The number of benzene rings is 1. The highest BCUT2D eigenvalue weighted by Crippen LogP contribution is 2.20. The first-order chi connectivity index (χ1) is 8.52. The zero-order chi connectivity index (χ0) is 13.7. The molecule has 0 spiro atoms. The van der Waals surface area contributed by atoms with Crippen LogP contribution in [0.25, 0.3) is 0 Å². The maximum atomic E-state index is 13.5. The third-order valence-corrected chi connectivity index (χ3v) is 2.66. The van der Waals surface area contributed by atoms with Crippen molar-refractivity contribution in [2.75, 3.05) is 6.61 Å². The van der Waals surface area contributed by atoms with Crippen molar-refractivity contribution in [3.8, 4) is 0 Å². The van der Waals surface area contributed by atoms with E-state index in [4.69, 9.17) is 5.84 Å². The van der Waals surface area contributed by atoms with Crippen molar-refractivity contribution in [3.05, 3.63) is 34.1 Å². The number of Topliss-reactive ketones (excluding diaryl/α,β-unsaturated/α-hetero) is 1. The number of rotatable bonds is 4. The van der Waals surface area contributed by atoms with Gasteiger partial charge in [0.25, 0.3) is 0 Å². The molecule has 0 aromatic heterocycles. The lowest BCUT2D eigenvalue weighted by Crippen LogP contribution is -2.28. The van der Waals surface area contributed by atoms with Crippen LogP contribution in [0.2, 0.25) is 0 Å². The first-order valence-corrected chi connectivity index (χ1v) is 5.75. The van der Waals surface area contributed by atoms with Gasteiger partial charge in [-0.1, -0.05) is 6.07 Å². The SMILES string of the molecule is CCOC(=O)/C(=N\N)C(=O)c1c(F)cccc1Br. The molecule has 0 aliphatic heterocycles. The second kappa shape index (κ2) is 6.25. The van der Waals surface area contributed by atoms with Gasteiger partial charge in [-0.3, -0.25) is 4.79 Å². The van der Waals surface area contributed by atoms with Gasteiger partial charge in [0.15, 0.2) is 0 Å². The van der Waals surface area contributed by atoms with Crippen molar-refractivity contribution in [1.29, 1.82) is 0 Å². The highest BCUT2D eigenvalue weighted by atomic mass is 79.9. The lowest BCUT2D eigenvalue weighted by atomic mass is 10.1. The number of hydrogen-bond donors (Lipinski definition) is 1. The van der Waals surface area contributed by atoms with Gasteiger partial charge in [-0.25, -0.2) is 9.18 Å². The molecule has 0 bridgehead atoms. The van der Waals surface area contributed by atoms with Crippen LogP contribution in [0.15, 0.2) is 27.8 Å². The zero-order valence-electron chi connectivity index (χ0n) is 9.44. The third-order valence-electron chi connectivity index (χ3n) is 2.00. The smallest absolute Gasteiger partial charge is 0.362 e. The standard InChI is InChI=1S/C11H10BrFN2O3/c1-2-18-11(17)9(15-14)10(16)8-6(12)4-3-5-7(8)13/h3-5H,2,14H2,1H3/b15-9-. The topological polar surface area (TPSA) is 81.8 Å². The average molecular weight is 317 g/mol. The van der Waals surface area contributed by atoms with Gasteiger partial charge in [0.1, 0.15) is 5.82 Å². The molecule has 0 radical (unpaired) electrons. The van der Waals surface area contributed by atoms with Crippen LogP contribution in [0.4, 0.5) is 4.39 Å². The quantitative estimate of drug-likeness (QED) is 0.229. The van der Waals surface area contributed by atoms with Gasteiger partial charge in [0.05, 0.1) is 12.2 Å². The summed E-state index contributed by atoms with van der Waals surface area (Å²) in [6, 6.07) is 3.98. The van der Waals surface area contributed by atoms with Crippen molar-refractivity contribution in [1.82, 2.24) is 0 Å². The highest BCUT2D eigenvalue weighted by Gasteiger charge is 2.27. The van der Waals surface area contributed by atoms with Crippen molar-refractivity contribution < 1.29 is 18.7 Å². The van der Waals surface area contributed by atoms with E-state index in [1.165, 1.54) is 12.1 Å². The molecule has 96 valence electrons. The molecule has 7 heteroatoms. The Morgan fingerprint density at radius 3 is 2.67 bits per heavy atom. The number of hydrogen-bond acceptors (Lipinski definition) is 5. The van der Waals surface area contributed by atoms with Crippen LogP contribution in [-0.2, 0) is 9.53 Å². The lowest BCUT2D eigenvalue weighted by molar-refractivity contribution is -0.134. The molecule has 1 aromatic rings. The molecule has 0 aliphatic carbocycles. The summed E-state index contributed by atoms with van der Waals surface area (Å²) in [5.74, 6) is 2.28. The van der Waals surface area contributed by atoms with Crippen LogP contribution in [-0.4, -0.2) is 24.1 Å². The van der Waals surface area contributed by atoms with E-state index in [1.54, 1.807) is 6.92 Å². The number of nitrogens with two attached hydrogens (primary N) is 1. The van der Waals surface area contributed by atoms with Crippen LogP contribution < -0.4 is 5.84 Å². The van der Waals surface area contributed by atoms with E-state index in [0.29, 0.717) is 0 Å². The van der Waals surface area contributed by atoms with Crippen LogP contribution >= 0.6 is 15.9 Å². The van der Waals surface area contributed by atoms with E-state index >= 15 is 0 Å². The second-order valence-corrected chi connectivity index (χ2v) is 3.98.